The van der Waals surface area contributed by atoms with Crippen LogP contribution in [0.25, 0.3) is 43.9 Å². The van der Waals surface area contributed by atoms with Crippen LogP contribution in [-0.4, -0.2) is 23.9 Å². The van der Waals surface area contributed by atoms with Gasteiger partial charge < -0.3 is 10.1 Å². The molecule has 1 aromatic heterocycles. The Labute approximate surface area is 408 Å². The number of hydrogen-bond donors (Lipinski definition) is 1. The van der Waals surface area contributed by atoms with Crippen LogP contribution in [0.4, 0.5) is 4.39 Å². The molecule has 6 heteroatoms. The van der Waals surface area contributed by atoms with Gasteiger partial charge in [0.1, 0.15) is 5.82 Å². The summed E-state index contributed by atoms with van der Waals surface area (Å²) in [7, 11) is -1.81. The zero-order valence-electron chi connectivity index (χ0n) is 41.8. The van der Waals surface area contributed by atoms with Gasteiger partial charge in [0.05, 0.1) is 13.8 Å². The van der Waals surface area contributed by atoms with E-state index in [1.807, 2.05) is 46.0 Å². The maximum Gasteiger partial charge on any atom is 0.162 e. The van der Waals surface area contributed by atoms with Gasteiger partial charge in [-0.1, -0.05) is 205 Å². The number of nitrogens with zero attached hydrogens (tertiary/aromatic N) is 1. The molecule has 1 heterocycles. The summed E-state index contributed by atoms with van der Waals surface area (Å²) < 4.78 is 15.9. The van der Waals surface area contributed by atoms with Gasteiger partial charge in [0, 0.05) is 55.0 Å². The summed E-state index contributed by atoms with van der Waals surface area (Å²) in [4.78, 5) is 16.7. The average molecular weight is 1080 g/mol. The summed E-state index contributed by atoms with van der Waals surface area (Å²) in [5.41, 5.74) is 9.01. The van der Waals surface area contributed by atoms with Crippen LogP contribution in [0, 0.1) is 30.6 Å². The Bertz CT molecular complexity index is 2320. The van der Waals surface area contributed by atoms with Crippen LogP contribution in [0.2, 0.25) is 19.6 Å². The van der Waals surface area contributed by atoms with E-state index in [0.717, 1.165) is 58.3 Å². The second kappa shape index (κ2) is 25.6. The van der Waals surface area contributed by atoms with E-state index in [2.05, 4.69) is 95.0 Å². The smallest absolute Gasteiger partial charge is 0.162 e. The third kappa shape index (κ3) is 12.8. The Kier molecular flexibility index (Phi) is 21.4. The van der Waals surface area contributed by atoms with E-state index >= 15 is 4.39 Å². The summed E-state index contributed by atoms with van der Waals surface area (Å²) >= 11 is 0. The molecule has 0 saturated carbocycles. The molecule has 0 amide bonds. The van der Waals surface area contributed by atoms with E-state index in [9.17, 15) is 9.90 Å². The molecule has 355 valence electrons. The first-order chi connectivity index (χ1) is 30.8. The van der Waals surface area contributed by atoms with Gasteiger partial charge in [-0.15, -0.1) is 28.8 Å². The SMILES string of the molecule is CCC(CC)C(=O)/C=C(\O)C(CC)CC.CCCCCCCCC1(CCCCCCCC)c2ccccc2-c2c(C)[c-]c(-c3nccc4c3ccc3c(F)c([Si](C)(C)C)ccc34)cc21.[Ir]. The number of fused-ring (bicyclic) bond motifs is 6. The van der Waals surface area contributed by atoms with E-state index < -0.39 is 8.07 Å². The third-order valence-corrected chi connectivity index (χ3v) is 16.4. The van der Waals surface area contributed by atoms with E-state index in [1.165, 1.54) is 124 Å². The molecule has 1 aliphatic rings. The standard InChI is InChI=1S/C46H57FNSi.C13H24O2.Ir/c1-7-9-11-13-15-19-28-46(29-20-16-14-12-10-8-2)40-22-18-17-21-39(40)43-33(3)31-34(32-41(43)46)45-38-24-23-37-35(36(38)27-30-48-45)25-26-42(44(37)47)49(4,5)6;1-5-10(6-2)12(14)9-13(15)11(7-3)8-4;/h17-18,21-27,30,32H,7-16,19-20,28-29H2,1-6H3;9-11,14H,5-8H2,1-4H3;/q-1;;/b;12-9-;. The Balaban J connectivity index is 0.000000497. The molecule has 4 aromatic carbocycles. The number of benzene rings is 4. The number of allylic oxidation sites excluding steroid dienone is 2. The molecule has 0 unspecified atom stereocenters. The molecule has 0 fully saturated rings. The summed E-state index contributed by atoms with van der Waals surface area (Å²) in [5, 5.41) is 14.5. The number of carbonyl (C=O) groups excluding carboxylic acids is 1. The summed E-state index contributed by atoms with van der Waals surface area (Å²) in [6.45, 7) is 21.6. The third-order valence-electron chi connectivity index (χ3n) is 14.4. The van der Waals surface area contributed by atoms with Gasteiger partial charge in [-0.3, -0.25) is 4.79 Å². The Hall–Kier alpha value is -3.44. The van der Waals surface area contributed by atoms with Crippen molar-refractivity contribution < 1.29 is 34.4 Å². The van der Waals surface area contributed by atoms with E-state index in [0.29, 0.717) is 5.39 Å². The van der Waals surface area contributed by atoms with Gasteiger partial charge in [-0.2, -0.15) is 0 Å². The number of carbonyl (C=O) groups is 1. The van der Waals surface area contributed by atoms with Crippen LogP contribution in [0.1, 0.15) is 174 Å². The van der Waals surface area contributed by atoms with Crippen molar-refractivity contribution in [3.8, 4) is 22.4 Å². The number of rotatable bonds is 23. The predicted molar refractivity (Wildman–Crippen MR) is 277 cm³/mol. The molecule has 0 aliphatic heterocycles. The van der Waals surface area contributed by atoms with Crippen LogP contribution >= 0.6 is 0 Å². The summed E-state index contributed by atoms with van der Waals surface area (Å²) in [5.74, 6) is 0.495. The topological polar surface area (TPSA) is 50.2 Å². The number of unbranched alkanes of at least 4 members (excludes halogenated alkanes) is 10. The molecule has 0 spiro atoms. The molecule has 5 aromatic rings. The molecule has 3 nitrogen and oxygen atoms in total. The number of aliphatic hydroxyl groups is 1. The van der Waals surface area contributed by atoms with Crippen LogP contribution in [-0.2, 0) is 30.3 Å². The van der Waals surface area contributed by atoms with Crippen LogP contribution in [0.15, 0.2) is 78.7 Å². The Morgan fingerprint density at radius 3 is 1.83 bits per heavy atom. The monoisotopic (exact) mass is 1080 g/mol. The number of aromatic nitrogens is 1. The fourth-order valence-electron chi connectivity index (χ4n) is 10.5. The number of hydrogen-bond acceptors (Lipinski definition) is 3. The minimum Gasteiger partial charge on any atom is -0.512 e. The molecule has 1 aliphatic carbocycles. The quantitative estimate of drug-likeness (QED) is 0.0177. The maximum atomic E-state index is 15.9. The zero-order chi connectivity index (χ0) is 46.4. The van der Waals surface area contributed by atoms with E-state index in [1.54, 1.807) is 0 Å². The first kappa shape index (κ1) is 54.2. The average Bonchev–Trinajstić information content (AvgIpc) is 3.56. The normalized spacial score (nSPS) is 13.2. The van der Waals surface area contributed by atoms with Gasteiger partial charge in [-0.05, 0) is 77.2 Å². The largest absolute Gasteiger partial charge is 0.512 e. The molecular formula is C59H81FIrNO2Si-. The maximum absolute atomic E-state index is 15.9. The zero-order valence-corrected chi connectivity index (χ0v) is 45.2. The molecule has 6 rings (SSSR count). The number of aliphatic hydroxyl groups excluding tert-OH is 1. The van der Waals surface area contributed by atoms with Gasteiger partial charge in [-0.25, -0.2) is 4.39 Å². The van der Waals surface area contributed by atoms with Crippen LogP contribution in [0.5, 0.6) is 0 Å². The van der Waals surface area contributed by atoms with Gasteiger partial charge in [0.25, 0.3) is 0 Å². The van der Waals surface area contributed by atoms with E-state index in [-0.39, 0.29) is 54.7 Å². The fourth-order valence-corrected chi connectivity index (χ4v) is 11.9. The Morgan fingerprint density at radius 2 is 1.25 bits per heavy atom. The molecule has 1 N–H and O–H groups in total. The molecule has 0 atom stereocenters. The Morgan fingerprint density at radius 1 is 0.708 bits per heavy atom. The number of halogens is 1. The first-order valence-corrected chi connectivity index (χ1v) is 28.9. The van der Waals surface area contributed by atoms with Gasteiger partial charge >= 0.3 is 0 Å². The second-order valence-electron chi connectivity index (χ2n) is 19.9. The molecule has 65 heavy (non-hydrogen) atoms. The summed E-state index contributed by atoms with van der Waals surface area (Å²) in [6.07, 6.45) is 24.9. The minimum atomic E-state index is -1.81. The van der Waals surface area contributed by atoms with Crippen molar-refractivity contribution >= 4 is 40.6 Å². The van der Waals surface area contributed by atoms with Crippen molar-refractivity contribution in [2.24, 2.45) is 11.8 Å². The first-order valence-electron chi connectivity index (χ1n) is 25.4. The minimum absolute atomic E-state index is 0. The number of ketones is 1. The van der Waals surface area contributed by atoms with Crippen molar-refractivity contribution in [1.29, 1.82) is 0 Å². The molecular weight excluding hydrogens is 994 g/mol. The van der Waals surface area contributed by atoms with Crippen molar-refractivity contribution in [2.45, 2.75) is 189 Å². The van der Waals surface area contributed by atoms with Crippen molar-refractivity contribution in [1.82, 2.24) is 4.98 Å². The summed E-state index contributed by atoms with van der Waals surface area (Å²) in [6, 6.07) is 25.9. The molecule has 0 saturated heterocycles. The fraction of sp³-hybridized carbons (Fsp3) is 0.525. The predicted octanol–water partition coefficient (Wildman–Crippen LogP) is 17.5. The number of aryl methyl sites for hydroxylation is 1. The van der Waals surface area contributed by atoms with Gasteiger partial charge in [0.2, 0.25) is 0 Å². The van der Waals surface area contributed by atoms with Crippen LogP contribution < -0.4 is 5.19 Å². The van der Waals surface area contributed by atoms with E-state index in [4.69, 9.17) is 4.98 Å². The van der Waals surface area contributed by atoms with Crippen molar-refractivity contribution in [3.05, 3.63) is 107 Å². The second-order valence-corrected chi connectivity index (χ2v) is 24.9. The van der Waals surface area contributed by atoms with Crippen molar-refractivity contribution in [3.63, 3.8) is 0 Å². The van der Waals surface area contributed by atoms with Gasteiger partial charge in [0.15, 0.2) is 5.78 Å². The molecule has 1 radical (unpaired) electrons. The molecule has 0 bridgehead atoms. The van der Waals surface area contributed by atoms with Crippen LogP contribution in [0.3, 0.4) is 0 Å². The van der Waals surface area contributed by atoms with Crippen molar-refractivity contribution in [2.75, 3.05) is 0 Å². The number of pyridine rings is 1.